The van der Waals surface area contributed by atoms with E-state index in [1.54, 1.807) is 4.90 Å². The highest BCUT2D eigenvalue weighted by molar-refractivity contribution is 5.94. The highest BCUT2D eigenvalue weighted by atomic mass is 19.4. The first-order valence-electron chi connectivity index (χ1n) is 9.75. The van der Waals surface area contributed by atoms with Gasteiger partial charge in [-0.15, -0.1) is 0 Å². The second kappa shape index (κ2) is 9.42. The molecule has 2 amide bonds. The molecule has 33 heavy (non-hydrogen) atoms. The number of halogens is 4. The summed E-state index contributed by atoms with van der Waals surface area (Å²) in [5.41, 5.74) is 2.88. The lowest BCUT2D eigenvalue weighted by Gasteiger charge is -2.34. The van der Waals surface area contributed by atoms with Gasteiger partial charge in [0.15, 0.2) is 5.82 Å². The number of aromatic nitrogens is 3. The fourth-order valence-electron chi connectivity index (χ4n) is 3.29. The van der Waals surface area contributed by atoms with Gasteiger partial charge in [-0.1, -0.05) is 0 Å². The van der Waals surface area contributed by atoms with Crippen molar-refractivity contribution >= 4 is 17.9 Å². The molecule has 10 nitrogen and oxygen atoms in total. The molecule has 14 heteroatoms. The number of carbonyl (C=O) groups excluding carboxylic acids is 2. The van der Waals surface area contributed by atoms with Crippen molar-refractivity contribution in [2.75, 3.05) is 31.1 Å². The SMILES string of the molecule is CC(Cn1cc(C(=O)N2CCN(c3ncc(C(F)(F)F)cn3)CC2)cc(F)c1=O)OC(N)=O. The van der Waals surface area contributed by atoms with Gasteiger partial charge >= 0.3 is 12.3 Å². The largest absolute Gasteiger partial charge is 0.445 e. The number of alkyl halides is 3. The van der Waals surface area contributed by atoms with Gasteiger partial charge in [0.25, 0.3) is 11.5 Å². The van der Waals surface area contributed by atoms with Crippen LogP contribution in [0.25, 0.3) is 0 Å². The number of anilines is 1. The number of hydrogen-bond acceptors (Lipinski definition) is 7. The first-order valence-corrected chi connectivity index (χ1v) is 9.75. The molecule has 1 saturated heterocycles. The molecule has 0 spiro atoms. The van der Waals surface area contributed by atoms with Crippen LogP contribution in [0.3, 0.4) is 0 Å². The van der Waals surface area contributed by atoms with E-state index in [2.05, 4.69) is 9.97 Å². The highest BCUT2D eigenvalue weighted by Gasteiger charge is 2.32. The summed E-state index contributed by atoms with van der Waals surface area (Å²) in [5, 5.41) is 0. The van der Waals surface area contributed by atoms with Gasteiger partial charge < -0.3 is 24.8 Å². The number of nitrogens with two attached hydrogens (primary N) is 1. The standard InChI is InChI=1S/C19H20F4N6O4/c1-11(33-17(24)32)9-29-10-12(6-14(20)16(29)31)15(30)27-2-4-28(5-3-27)18-25-7-13(8-26-18)19(21,22)23/h6-8,10-11H,2-5,9H2,1H3,(H2,24,32). The van der Waals surface area contributed by atoms with Gasteiger partial charge in [-0.25, -0.2) is 19.2 Å². The van der Waals surface area contributed by atoms with Crippen LogP contribution in [0.2, 0.25) is 0 Å². The molecule has 2 aromatic heterocycles. The van der Waals surface area contributed by atoms with E-state index in [4.69, 9.17) is 10.5 Å². The maximum Gasteiger partial charge on any atom is 0.419 e. The van der Waals surface area contributed by atoms with E-state index < -0.39 is 41.2 Å². The van der Waals surface area contributed by atoms with Gasteiger partial charge in [0.1, 0.15) is 6.10 Å². The number of amides is 2. The van der Waals surface area contributed by atoms with Gasteiger partial charge in [0.05, 0.1) is 17.7 Å². The van der Waals surface area contributed by atoms with Crippen LogP contribution in [0.4, 0.5) is 28.3 Å². The van der Waals surface area contributed by atoms with Crippen LogP contribution in [0.5, 0.6) is 0 Å². The summed E-state index contributed by atoms with van der Waals surface area (Å²) in [5.74, 6) is -1.60. The summed E-state index contributed by atoms with van der Waals surface area (Å²) in [6, 6.07) is 0.826. The Bertz CT molecular complexity index is 1080. The maximum atomic E-state index is 14.1. The topological polar surface area (TPSA) is 124 Å². The van der Waals surface area contributed by atoms with Gasteiger partial charge in [-0.3, -0.25) is 9.59 Å². The molecule has 178 valence electrons. The summed E-state index contributed by atoms with van der Waals surface area (Å²) < 4.78 is 57.8. The normalized spacial score (nSPS) is 15.3. The first-order chi connectivity index (χ1) is 15.5. The van der Waals surface area contributed by atoms with E-state index in [9.17, 15) is 31.9 Å². The van der Waals surface area contributed by atoms with E-state index >= 15 is 0 Å². The Kier molecular flexibility index (Phi) is 6.84. The Morgan fingerprint density at radius 2 is 1.79 bits per heavy atom. The molecule has 1 fully saturated rings. The second-order valence-electron chi connectivity index (χ2n) is 7.33. The fraction of sp³-hybridized carbons (Fsp3) is 0.421. The average Bonchev–Trinajstić information content (AvgIpc) is 2.75. The fourth-order valence-corrected chi connectivity index (χ4v) is 3.29. The molecule has 1 atom stereocenters. The third-order valence-corrected chi connectivity index (χ3v) is 4.88. The van der Waals surface area contributed by atoms with E-state index in [0.717, 1.165) is 10.6 Å². The van der Waals surface area contributed by atoms with E-state index in [0.29, 0.717) is 12.4 Å². The van der Waals surface area contributed by atoms with Gasteiger partial charge in [0.2, 0.25) is 5.95 Å². The zero-order chi connectivity index (χ0) is 24.3. The van der Waals surface area contributed by atoms with Crippen LogP contribution in [0.1, 0.15) is 22.8 Å². The zero-order valence-corrected chi connectivity index (χ0v) is 17.4. The van der Waals surface area contributed by atoms with Crippen LogP contribution in [0.15, 0.2) is 29.5 Å². The van der Waals surface area contributed by atoms with Crippen molar-refractivity contribution in [3.05, 3.63) is 52.0 Å². The van der Waals surface area contributed by atoms with Gasteiger partial charge in [-0.05, 0) is 13.0 Å². The van der Waals surface area contributed by atoms with E-state index in [1.165, 1.54) is 18.0 Å². The minimum atomic E-state index is -4.54. The predicted octanol–water partition coefficient (Wildman–Crippen LogP) is 1.24. The molecule has 0 saturated carbocycles. The van der Waals surface area contributed by atoms with Crippen molar-refractivity contribution in [1.82, 2.24) is 19.4 Å². The smallest absolute Gasteiger partial charge is 0.419 e. The molecule has 1 unspecified atom stereocenters. The highest BCUT2D eigenvalue weighted by Crippen LogP contribution is 2.28. The summed E-state index contributed by atoms with van der Waals surface area (Å²) in [6.07, 6.45) is -3.89. The molecular weight excluding hydrogens is 452 g/mol. The van der Waals surface area contributed by atoms with Crippen molar-refractivity contribution in [2.24, 2.45) is 5.73 Å². The lowest BCUT2D eigenvalue weighted by atomic mass is 10.2. The average molecular weight is 472 g/mol. The van der Waals surface area contributed by atoms with Crippen LogP contribution < -0.4 is 16.2 Å². The van der Waals surface area contributed by atoms with Gasteiger partial charge in [-0.2, -0.15) is 13.2 Å². The second-order valence-corrected chi connectivity index (χ2v) is 7.33. The molecule has 2 N–H and O–H groups in total. The molecule has 0 bridgehead atoms. The number of piperazine rings is 1. The number of pyridine rings is 1. The molecule has 3 heterocycles. The Balaban J connectivity index is 1.68. The Morgan fingerprint density at radius 3 is 2.33 bits per heavy atom. The number of rotatable bonds is 5. The van der Waals surface area contributed by atoms with Crippen LogP contribution in [0, 0.1) is 5.82 Å². The number of hydrogen-bond donors (Lipinski definition) is 1. The number of carbonyl (C=O) groups is 2. The quantitative estimate of drug-likeness (QED) is 0.650. The van der Waals surface area contributed by atoms with Crippen molar-refractivity contribution in [2.45, 2.75) is 25.7 Å². The van der Waals surface area contributed by atoms with E-state index in [-0.39, 0.29) is 44.2 Å². The molecule has 0 aromatic carbocycles. The Labute approximate surface area is 184 Å². The minimum absolute atomic E-state index is 0.0856. The van der Waals surface area contributed by atoms with E-state index in [1.807, 2.05) is 0 Å². The summed E-state index contributed by atoms with van der Waals surface area (Å²) >= 11 is 0. The molecule has 0 radical (unpaired) electrons. The van der Waals surface area contributed by atoms with Crippen molar-refractivity contribution in [3.63, 3.8) is 0 Å². The van der Waals surface area contributed by atoms with Crippen LogP contribution in [-0.2, 0) is 17.5 Å². The molecule has 2 aromatic rings. The van der Waals surface area contributed by atoms with Gasteiger partial charge in [0, 0.05) is 44.8 Å². The summed E-state index contributed by atoms with van der Waals surface area (Å²) in [6.45, 7) is 2.06. The van der Waals surface area contributed by atoms with Crippen LogP contribution in [-0.4, -0.2) is 63.7 Å². The Morgan fingerprint density at radius 1 is 1.18 bits per heavy atom. The summed E-state index contributed by atoms with van der Waals surface area (Å²) in [4.78, 5) is 46.2. The van der Waals surface area contributed by atoms with Crippen molar-refractivity contribution in [1.29, 1.82) is 0 Å². The minimum Gasteiger partial charge on any atom is -0.445 e. The molecular formula is C19H20F4N6O4. The third kappa shape index (κ3) is 5.75. The number of nitrogens with zero attached hydrogens (tertiary/aromatic N) is 5. The first kappa shape index (κ1) is 23.9. The Hall–Kier alpha value is -3.71. The number of ether oxygens (including phenoxy) is 1. The molecule has 1 aliphatic heterocycles. The van der Waals surface area contributed by atoms with Crippen LogP contribution >= 0.6 is 0 Å². The third-order valence-electron chi connectivity index (χ3n) is 4.88. The summed E-state index contributed by atoms with van der Waals surface area (Å²) in [7, 11) is 0. The molecule has 1 aliphatic rings. The number of primary amides is 1. The predicted molar refractivity (Wildman–Crippen MR) is 106 cm³/mol. The maximum absolute atomic E-state index is 14.1. The van der Waals surface area contributed by atoms with Crippen molar-refractivity contribution < 1.29 is 31.9 Å². The molecule has 3 rings (SSSR count). The van der Waals surface area contributed by atoms with Crippen molar-refractivity contribution in [3.8, 4) is 0 Å². The lowest BCUT2D eigenvalue weighted by molar-refractivity contribution is -0.138. The molecule has 0 aliphatic carbocycles. The zero-order valence-electron chi connectivity index (χ0n) is 17.4. The monoisotopic (exact) mass is 472 g/mol. The lowest BCUT2D eigenvalue weighted by Crippen LogP contribution is -2.49.